The van der Waals surface area contributed by atoms with Crippen LogP contribution in [0.1, 0.15) is 19.8 Å². The van der Waals surface area contributed by atoms with Crippen LogP contribution >= 0.6 is 0 Å². The van der Waals surface area contributed by atoms with E-state index in [2.05, 4.69) is 21.0 Å². The first kappa shape index (κ1) is 19.9. The molecule has 1 aromatic heterocycles. The summed E-state index contributed by atoms with van der Waals surface area (Å²) in [5.41, 5.74) is 0.846. The number of anilines is 1. The number of aromatic nitrogens is 1. The molecule has 3 heterocycles. The maximum absolute atomic E-state index is 11.1. The average molecular weight is 421 g/mol. The molecule has 0 amide bonds. The maximum atomic E-state index is 11.1. The zero-order valence-corrected chi connectivity index (χ0v) is 17.7. The lowest BCUT2D eigenvalue weighted by Gasteiger charge is -2.46. The molecule has 2 fully saturated rings. The number of rotatable bonds is 5. The highest BCUT2D eigenvalue weighted by Gasteiger charge is 2.34. The van der Waals surface area contributed by atoms with E-state index in [4.69, 9.17) is 14.0 Å². The van der Waals surface area contributed by atoms with Gasteiger partial charge in [0.1, 0.15) is 11.5 Å². The van der Waals surface area contributed by atoms with Crippen molar-refractivity contribution in [3.05, 3.63) is 48.5 Å². The molecule has 2 atom stereocenters. The molecule has 2 aliphatic rings. The smallest absolute Gasteiger partial charge is 0.308 e. The molecule has 7 nitrogen and oxygen atoms in total. The van der Waals surface area contributed by atoms with Gasteiger partial charge >= 0.3 is 5.97 Å². The zero-order chi connectivity index (χ0) is 21.2. The number of nitrogens with zero attached hydrogens (tertiary/aromatic N) is 3. The highest BCUT2D eigenvalue weighted by molar-refractivity contribution is 5.88. The number of ether oxygens (including phenoxy) is 2. The van der Waals surface area contributed by atoms with E-state index < -0.39 is 0 Å². The second-order valence-electron chi connectivity index (χ2n) is 8.42. The number of hydrogen-bond donors (Lipinski definition) is 0. The molecule has 31 heavy (non-hydrogen) atoms. The molecule has 2 saturated heterocycles. The van der Waals surface area contributed by atoms with Gasteiger partial charge in [-0.15, -0.1) is 0 Å². The second kappa shape index (κ2) is 8.59. The Kier molecular flexibility index (Phi) is 5.51. The summed E-state index contributed by atoms with van der Waals surface area (Å²) in [5.74, 6) is 2.39. The Bertz CT molecular complexity index is 1070. The van der Waals surface area contributed by atoms with Crippen LogP contribution < -0.4 is 14.4 Å². The molecule has 5 rings (SSSR count). The first-order valence-corrected chi connectivity index (χ1v) is 10.9. The minimum Gasteiger partial charge on any atom is -0.493 e. The van der Waals surface area contributed by atoms with E-state index in [-0.39, 0.29) is 5.97 Å². The fraction of sp³-hybridized carbons (Fsp3) is 0.417. The molecule has 2 aliphatic heterocycles. The summed E-state index contributed by atoms with van der Waals surface area (Å²) in [6.45, 7) is 6.06. The molecule has 162 valence electrons. The van der Waals surface area contributed by atoms with Crippen LogP contribution in [-0.4, -0.2) is 54.9 Å². The largest absolute Gasteiger partial charge is 0.493 e. The van der Waals surface area contributed by atoms with Crippen LogP contribution in [0.4, 0.5) is 5.82 Å². The Morgan fingerprint density at radius 2 is 1.97 bits per heavy atom. The van der Waals surface area contributed by atoms with Crippen molar-refractivity contribution in [1.29, 1.82) is 0 Å². The predicted octanol–water partition coefficient (Wildman–Crippen LogP) is 3.73. The molecule has 0 radical (unpaired) electrons. The lowest BCUT2D eigenvalue weighted by molar-refractivity contribution is -0.131. The molecule has 0 unspecified atom stereocenters. The Hall–Kier alpha value is -3.06. The van der Waals surface area contributed by atoms with Crippen LogP contribution in [0.5, 0.6) is 11.5 Å². The fourth-order valence-corrected chi connectivity index (χ4v) is 4.69. The SMILES string of the molecule is CC(=O)Oc1cccc(OC[C@@H]2CC[C@H]3CN(c4noc5ccccc45)CCN3C2)c1. The molecule has 0 bridgehead atoms. The molecule has 3 aromatic rings. The van der Waals surface area contributed by atoms with Crippen molar-refractivity contribution in [2.24, 2.45) is 5.92 Å². The van der Waals surface area contributed by atoms with E-state index in [1.54, 1.807) is 12.1 Å². The summed E-state index contributed by atoms with van der Waals surface area (Å²) in [6.07, 6.45) is 2.28. The van der Waals surface area contributed by atoms with Crippen molar-refractivity contribution in [3.63, 3.8) is 0 Å². The summed E-state index contributed by atoms with van der Waals surface area (Å²) in [7, 11) is 0. The minimum absolute atomic E-state index is 0.326. The standard InChI is InChI=1S/C24H27N3O4/c1-17(28)30-21-6-4-5-20(13-21)29-16-18-9-10-19-15-27(12-11-26(19)14-18)24-22-7-2-3-8-23(22)31-25-24/h2-8,13,18-19H,9-12,14-16H2,1H3/t18-,19+/m1/s1. The normalized spacial score (nSPS) is 21.6. The summed E-state index contributed by atoms with van der Waals surface area (Å²) in [4.78, 5) is 16.1. The van der Waals surface area contributed by atoms with Gasteiger partial charge in [0.25, 0.3) is 0 Å². The Morgan fingerprint density at radius 3 is 2.87 bits per heavy atom. The second-order valence-corrected chi connectivity index (χ2v) is 8.42. The third kappa shape index (κ3) is 4.37. The van der Waals surface area contributed by atoms with Crippen LogP contribution in [0.15, 0.2) is 53.1 Å². The molecular formula is C24H27N3O4. The van der Waals surface area contributed by atoms with E-state index in [1.165, 1.54) is 6.92 Å². The van der Waals surface area contributed by atoms with Gasteiger partial charge in [-0.3, -0.25) is 9.69 Å². The van der Waals surface area contributed by atoms with E-state index in [0.29, 0.717) is 24.3 Å². The van der Waals surface area contributed by atoms with Gasteiger partial charge < -0.3 is 18.9 Å². The van der Waals surface area contributed by atoms with Crippen LogP contribution in [-0.2, 0) is 4.79 Å². The van der Waals surface area contributed by atoms with Gasteiger partial charge in [0.2, 0.25) is 0 Å². The van der Waals surface area contributed by atoms with Gasteiger partial charge in [0.05, 0.1) is 12.0 Å². The van der Waals surface area contributed by atoms with Gasteiger partial charge in [-0.05, 0) is 37.1 Å². The summed E-state index contributed by atoms with van der Waals surface area (Å²) in [6, 6.07) is 15.9. The van der Waals surface area contributed by atoms with Crippen molar-refractivity contribution >= 4 is 22.8 Å². The molecule has 0 spiro atoms. The first-order valence-electron chi connectivity index (χ1n) is 10.9. The fourth-order valence-electron chi connectivity index (χ4n) is 4.69. The lowest BCUT2D eigenvalue weighted by Crippen LogP contribution is -2.57. The van der Waals surface area contributed by atoms with Crippen molar-refractivity contribution in [3.8, 4) is 11.5 Å². The van der Waals surface area contributed by atoms with Crippen molar-refractivity contribution in [2.75, 3.05) is 37.7 Å². The van der Waals surface area contributed by atoms with Crippen molar-refractivity contribution < 1.29 is 18.8 Å². The number of piperazine rings is 1. The van der Waals surface area contributed by atoms with Gasteiger partial charge in [-0.1, -0.05) is 23.4 Å². The maximum Gasteiger partial charge on any atom is 0.308 e. The number of carbonyl (C=O) groups is 1. The zero-order valence-electron chi connectivity index (χ0n) is 17.7. The van der Waals surface area contributed by atoms with Crippen LogP contribution in [0.3, 0.4) is 0 Å². The number of carbonyl (C=O) groups excluding carboxylic acids is 1. The Labute approximate surface area is 181 Å². The predicted molar refractivity (Wildman–Crippen MR) is 118 cm³/mol. The molecule has 0 aliphatic carbocycles. The molecule has 0 N–H and O–H groups in total. The van der Waals surface area contributed by atoms with Crippen LogP contribution in [0.25, 0.3) is 11.0 Å². The number of benzene rings is 2. The minimum atomic E-state index is -0.326. The lowest BCUT2D eigenvalue weighted by atomic mass is 9.91. The molecule has 2 aromatic carbocycles. The monoisotopic (exact) mass is 421 g/mol. The highest BCUT2D eigenvalue weighted by atomic mass is 16.5. The molecule has 0 saturated carbocycles. The van der Waals surface area contributed by atoms with E-state index in [0.717, 1.165) is 61.6 Å². The Balaban J connectivity index is 1.16. The van der Waals surface area contributed by atoms with Gasteiger partial charge in [-0.25, -0.2) is 0 Å². The quantitative estimate of drug-likeness (QED) is 0.459. The van der Waals surface area contributed by atoms with Crippen LogP contribution in [0.2, 0.25) is 0 Å². The summed E-state index contributed by atoms with van der Waals surface area (Å²) >= 11 is 0. The average Bonchev–Trinajstić information content (AvgIpc) is 3.21. The number of para-hydroxylation sites is 1. The summed E-state index contributed by atoms with van der Waals surface area (Å²) in [5, 5.41) is 5.43. The summed E-state index contributed by atoms with van der Waals surface area (Å²) < 4.78 is 16.7. The highest BCUT2D eigenvalue weighted by Crippen LogP contribution is 2.31. The van der Waals surface area contributed by atoms with E-state index in [9.17, 15) is 4.79 Å². The Morgan fingerprint density at radius 1 is 1.10 bits per heavy atom. The molecular weight excluding hydrogens is 394 g/mol. The van der Waals surface area contributed by atoms with Crippen LogP contribution in [0, 0.1) is 5.92 Å². The third-order valence-corrected chi connectivity index (χ3v) is 6.22. The van der Waals surface area contributed by atoms with E-state index in [1.807, 2.05) is 30.3 Å². The number of fused-ring (bicyclic) bond motifs is 2. The molecule has 7 heteroatoms. The topological polar surface area (TPSA) is 68.0 Å². The first-order chi connectivity index (χ1) is 15.2. The van der Waals surface area contributed by atoms with Gasteiger partial charge in [0.15, 0.2) is 11.4 Å². The van der Waals surface area contributed by atoms with Gasteiger partial charge in [-0.2, -0.15) is 0 Å². The number of esters is 1. The van der Waals surface area contributed by atoms with Crippen molar-refractivity contribution in [1.82, 2.24) is 10.1 Å². The van der Waals surface area contributed by atoms with Crippen molar-refractivity contribution in [2.45, 2.75) is 25.8 Å². The van der Waals surface area contributed by atoms with E-state index >= 15 is 0 Å². The third-order valence-electron chi connectivity index (χ3n) is 6.22. The number of hydrogen-bond acceptors (Lipinski definition) is 7. The van der Waals surface area contributed by atoms with Gasteiger partial charge in [0, 0.05) is 51.1 Å². The number of piperidine rings is 1.